The summed E-state index contributed by atoms with van der Waals surface area (Å²) in [6.45, 7) is 8.02. The van der Waals surface area contributed by atoms with Gasteiger partial charge in [-0.05, 0) is 37.5 Å². The minimum Gasteiger partial charge on any atom is -0.450 e. The Balaban J connectivity index is 1.76. The Bertz CT molecular complexity index is 683. The van der Waals surface area contributed by atoms with Gasteiger partial charge < -0.3 is 9.47 Å². The van der Waals surface area contributed by atoms with Crippen LogP contribution in [0.5, 0.6) is 0 Å². The maximum atomic E-state index is 13.2. The van der Waals surface area contributed by atoms with Gasteiger partial charge in [0.05, 0.1) is 13.2 Å². The van der Waals surface area contributed by atoms with E-state index < -0.39 is 17.5 Å². The predicted molar refractivity (Wildman–Crippen MR) is 95.9 cm³/mol. The van der Waals surface area contributed by atoms with Crippen LogP contribution in [0.2, 0.25) is 0 Å². The van der Waals surface area contributed by atoms with Crippen molar-refractivity contribution >= 4 is 11.8 Å². The van der Waals surface area contributed by atoms with E-state index in [0.717, 1.165) is 22.3 Å². The first kappa shape index (κ1) is 19.0. The highest BCUT2D eigenvalue weighted by atomic mass is 16.7. The fourth-order valence-corrected chi connectivity index (χ4v) is 4.14. The number of benzene rings is 1. The van der Waals surface area contributed by atoms with Crippen molar-refractivity contribution in [3.63, 3.8) is 0 Å². The number of hydrogen-bond donors (Lipinski definition) is 0. The Morgan fingerprint density at radius 3 is 2.31 bits per heavy atom. The van der Waals surface area contributed by atoms with Crippen molar-refractivity contribution in [3.8, 4) is 0 Å². The van der Waals surface area contributed by atoms with Crippen LogP contribution in [0.15, 0.2) is 12.1 Å². The monoisotopic (exact) mass is 361 g/mol. The lowest BCUT2D eigenvalue weighted by Gasteiger charge is -2.36. The highest BCUT2D eigenvalue weighted by Crippen LogP contribution is 2.42. The molecule has 1 atom stereocenters. The number of ketones is 1. The minimum atomic E-state index is -1.01. The normalized spacial score (nSPS) is 22.8. The first-order chi connectivity index (χ1) is 12.4. The van der Waals surface area contributed by atoms with Crippen LogP contribution in [0.1, 0.15) is 41.0 Å². The van der Waals surface area contributed by atoms with Gasteiger partial charge in [0, 0.05) is 33.0 Å². The van der Waals surface area contributed by atoms with E-state index in [1.807, 2.05) is 38.0 Å². The number of aryl methyl sites for hydroxylation is 3. The predicted octanol–water partition coefficient (Wildman–Crippen LogP) is 2.23. The van der Waals surface area contributed by atoms with E-state index in [9.17, 15) is 9.59 Å². The Labute approximate surface area is 154 Å². The van der Waals surface area contributed by atoms with Crippen molar-refractivity contribution in [2.75, 3.05) is 33.4 Å². The highest BCUT2D eigenvalue weighted by Gasteiger charge is 2.57. The fraction of sp³-hybridized carbons (Fsp3) is 0.600. The molecule has 142 valence electrons. The second-order valence-corrected chi connectivity index (χ2v) is 7.28. The lowest BCUT2D eigenvalue weighted by Crippen LogP contribution is -2.48. The second kappa shape index (κ2) is 7.47. The zero-order valence-electron chi connectivity index (χ0n) is 16.0. The maximum absolute atomic E-state index is 13.2. The van der Waals surface area contributed by atoms with Crippen molar-refractivity contribution < 1.29 is 23.9 Å². The van der Waals surface area contributed by atoms with Crippen LogP contribution in [-0.4, -0.2) is 55.8 Å². The third kappa shape index (κ3) is 3.41. The van der Waals surface area contributed by atoms with Crippen LogP contribution in [0.25, 0.3) is 0 Å². The zero-order chi connectivity index (χ0) is 18.9. The average molecular weight is 361 g/mol. The Kier molecular flexibility index (Phi) is 5.46. The molecular formula is C20H27NO5. The van der Waals surface area contributed by atoms with E-state index in [-0.39, 0.29) is 5.78 Å². The number of hydroxylamine groups is 2. The summed E-state index contributed by atoms with van der Waals surface area (Å²) in [7, 11) is 1.63. The number of Topliss-reactive ketones (excluding diaryl/α,β-unsaturated/α-hetero) is 1. The number of methoxy groups -OCH3 is 1. The summed E-state index contributed by atoms with van der Waals surface area (Å²) in [6.07, 6.45) is 0.927. The van der Waals surface area contributed by atoms with Crippen molar-refractivity contribution in [2.24, 2.45) is 0 Å². The van der Waals surface area contributed by atoms with Crippen LogP contribution in [-0.2, 0) is 23.9 Å². The van der Waals surface area contributed by atoms with Gasteiger partial charge in [0.15, 0.2) is 11.4 Å². The van der Waals surface area contributed by atoms with Crippen molar-refractivity contribution in [1.29, 1.82) is 0 Å². The highest BCUT2D eigenvalue weighted by molar-refractivity contribution is 6.14. The number of hydrogen-bond acceptors (Lipinski definition) is 6. The Hall–Kier alpha value is -1.76. The van der Waals surface area contributed by atoms with E-state index in [1.165, 1.54) is 0 Å². The molecule has 2 heterocycles. The SMILES string of the molecule is COCCON1CCC2(CC1)OC(=O)C(c1c(C)cc(C)cc1C)C2=O. The fourth-order valence-electron chi connectivity index (χ4n) is 4.14. The molecule has 1 aromatic rings. The lowest BCUT2D eigenvalue weighted by atomic mass is 9.79. The third-order valence-electron chi connectivity index (χ3n) is 5.36. The molecule has 0 amide bonds. The molecule has 2 aliphatic rings. The number of esters is 1. The molecule has 0 bridgehead atoms. The maximum Gasteiger partial charge on any atom is 0.322 e. The minimum absolute atomic E-state index is 0.103. The van der Waals surface area contributed by atoms with Crippen molar-refractivity contribution in [3.05, 3.63) is 34.4 Å². The molecule has 26 heavy (non-hydrogen) atoms. The van der Waals surface area contributed by atoms with Gasteiger partial charge in [-0.2, -0.15) is 5.06 Å². The van der Waals surface area contributed by atoms with Crippen LogP contribution >= 0.6 is 0 Å². The summed E-state index contributed by atoms with van der Waals surface area (Å²) in [5.41, 5.74) is 2.86. The number of rotatable bonds is 5. The number of carbonyl (C=O) groups excluding carboxylic acids is 2. The zero-order valence-corrected chi connectivity index (χ0v) is 16.0. The molecule has 2 fully saturated rings. The van der Waals surface area contributed by atoms with E-state index in [2.05, 4.69) is 0 Å². The van der Waals surface area contributed by atoms with E-state index in [1.54, 1.807) is 7.11 Å². The summed E-state index contributed by atoms with van der Waals surface area (Å²) in [5, 5.41) is 1.82. The number of nitrogens with zero attached hydrogens (tertiary/aromatic N) is 1. The molecule has 3 rings (SSSR count). The van der Waals surface area contributed by atoms with Gasteiger partial charge in [-0.25, -0.2) is 0 Å². The van der Waals surface area contributed by atoms with Gasteiger partial charge in [0.2, 0.25) is 0 Å². The van der Waals surface area contributed by atoms with E-state index >= 15 is 0 Å². The molecule has 6 heteroatoms. The van der Waals surface area contributed by atoms with Crippen LogP contribution < -0.4 is 0 Å². The van der Waals surface area contributed by atoms with E-state index in [4.69, 9.17) is 14.3 Å². The van der Waals surface area contributed by atoms with Gasteiger partial charge >= 0.3 is 5.97 Å². The van der Waals surface area contributed by atoms with Gasteiger partial charge in [0.25, 0.3) is 0 Å². The first-order valence-electron chi connectivity index (χ1n) is 9.09. The molecule has 1 spiro atoms. The number of piperidine rings is 1. The Morgan fingerprint density at radius 1 is 1.12 bits per heavy atom. The standard InChI is InChI=1S/C20H27NO5/c1-13-11-14(2)16(15(3)12-13)17-18(22)20(26-19(17)23)5-7-21(8-6-20)25-10-9-24-4/h11-12,17H,5-10H2,1-4H3. The summed E-state index contributed by atoms with van der Waals surface area (Å²) in [5.74, 6) is -1.33. The van der Waals surface area contributed by atoms with Crippen LogP contribution in [0.3, 0.4) is 0 Å². The third-order valence-corrected chi connectivity index (χ3v) is 5.36. The molecule has 0 aromatic heterocycles. The molecule has 1 aromatic carbocycles. The van der Waals surface area contributed by atoms with Crippen molar-refractivity contribution in [2.45, 2.75) is 45.1 Å². The molecule has 1 unspecified atom stereocenters. The topological polar surface area (TPSA) is 65.1 Å². The Morgan fingerprint density at radius 2 is 1.73 bits per heavy atom. The first-order valence-corrected chi connectivity index (χ1v) is 9.09. The molecule has 2 saturated heterocycles. The molecule has 6 nitrogen and oxygen atoms in total. The molecule has 0 N–H and O–H groups in total. The summed E-state index contributed by atoms with van der Waals surface area (Å²) in [6, 6.07) is 4.03. The number of carbonyl (C=O) groups is 2. The summed E-state index contributed by atoms with van der Waals surface area (Å²) < 4.78 is 10.7. The smallest absolute Gasteiger partial charge is 0.322 e. The van der Waals surface area contributed by atoms with Gasteiger partial charge in [0.1, 0.15) is 5.92 Å². The molecule has 2 aliphatic heterocycles. The largest absolute Gasteiger partial charge is 0.450 e. The van der Waals surface area contributed by atoms with Crippen molar-refractivity contribution in [1.82, 2.24) is 5.06 Å². The lowest BCUT2D eigenvalue weighted by molar-refractivity contribution is -0.202. The molecular weight excluding hydrogens is 334 g/mol. The van der Waals surface area contributed by atoms with E-state index in [0.29, 0.717) is 39.1 Å². The van der Waals surface area contributed by atoms with Gasteiger partial charge in [-0.3, -0.25) is 14.4 Å². The van der Waals surface area contributed by atoms with Crippen LogP contribution in [0, 0.1) is 20.8 Å². The quantitative estimate of drug-likeness (QED) is 0.455. The summed E-state index contributed by atoms with van der Waals surface area (Å²) >= 11 is 0. The van der Waals surface area contributed by atoms with Gasteiger partial charge in [-0.1, -0.05) is 17.7 Å². The molecule has 0 aliphatic carbocycles. The molecule has 0 radical (unpaired) electrons. The number of ether oxygens (including phenoxy) is 2. The van der Waals surface area contributed by atoms with Crippen LogP contribution in [0.4, 0.5) is 0 Å². The molecule has 0 saturated carbocycles. The summed E-state index contributed by atoms with van der Waals surface area (Å²) in [4.78, 5) is 31.5. The second-order valence-electron chi connectivity index (χ2n) is 7.28. The van der Waals surface area contributed by atoms with Gasteiger partial charge in [-0.15, -0.1) is 0 Å². The average Bonchev–Trinajstić information content (AvgIpc) is 2.81.